The summed E-state index contributed by atoms with van der Waals surface area (Å²) < 4.78 is 41.8. The van der Waals surface area contributed by atoms with E-state index in [4.69, 9.17) is 0 Å². The molecule has 1 fully saturated rings. The SMILES string of the molecule is O=C(N[C@H]1CCCCC[C@H]1C(=O)O)c1ccc(-c2noc(C(F)(F)F)n2)cc1. The lowest BCUT2D eigenvalue weighted by Crippen LogP contribution is -2.42. The van der Waals surface area contributed by atoms with Crippen molar-refractivity contribution < 1.29 is 32.4 Å². The summed E-state index contributed by atoms with van der Waals surface area (Å²) in [5.41, 5.74) is 0.519. The highest BCUT2D eigenvalue weighted by Gasteiger charge is 2.38. The van der Waals surface area contributed by atoms with Crippen LogP contribution < -0.4 is 5.32 Å². The van der Waals surface area contributed by atoms with Gasteiger partial charge in [-0.2, -0.15) is 18.2 Å². The molecule has 1 aromatic heterocycles. The first-order valence-corrected chi connectivity index (χ1v) is 8.80. The fraction of sp³-hybridized carbons (Fsp3) is 0.444. The smallest absolute Gasteiger partial charge is 0.471 e. The zero-order valence-electron chi connectivity index (χ0n) is 14.7. The van der Waals surface area contributed by atoms with Gasteiger partial charge in [-0.1, -0.05) is 36.6 Å². The number of carboxylic acids is 1. The van der Waals surface area contributed by atoms with E-state index in [0.717, 1.165) is 19.3 Å². The van der Waals surface area contributed by atoms with E-state index in [2.05, 4.69) is 20.0 Å². The Morgan fingerprint density at radius 3 is 2.39 bits per heavy atom. The van der Waals surface area contributed by atoms with Crippen LogP contribution in [0.15, 0.2) is 28.8 Å². The van der Waals surface area contributed by atoms with E-state index >= 15 is 0 Å². The molecule has 1 aromatic carbocycles. The van der Waals surface area contributed by atoms with Gasteiger partial charge in [0.2, 0.25) is 5.82 Å². The molecule has 7 nitrogen and oxygen atoms in total. The molecule has 10 heteroatoms. The van der Waals surface area contributed by atoms with E-state index in [0.29, 0.717) is 12.8 Å². The number of carboxylic acid groups (broad SMARTS) is 1. The number of amides is 1. The second kappa shape index (κ2) is 7.99. The number of aliphatic carboxylic acids is 1. The first-order valence-electron chi connectivity index (χ1n) is 8.80. The third-order valence-corrected chi connectivity index (χ3v) is 4.72. The van der Waals surface area contributed by atoms with E-state index in [9.17, 15) is 27.9 Å². The second-order valence-electron chi connectivity index (χ2n) is 6.66. The number of nitrogens with one attached hydrogen (secondary N) is 1. The van der Waals surface area contributed by atoms with Gasteiger partial charge < -0.3 is 14.9 Å². The quantitative estimate of drug-likeness (QED) is 0.765. The number of aromatic nitrogens is 2. The summed E-state index contributed by atoms with van der Waals surface area (Å²) in [6.07, 6.45) is -1.06. The highest BCUT2D eigenvalue weighted by molar-refractivity contribution is 5.95. The van der Waals surface area contributed by atoms with Crippen LogP contribution in [-0.4, -0.2) is 33.2 Å². The average molecular weight is 397 g/mol. The van der Waals surface area contributed by atoms with Crippen LogP contribution >= 0.6 is 0 Å². The number of hydrogen-bond acceptors (Lipinski definition) is 5. The summed E-state index contributed by atoms with van der Waals surface area (Å²) in [5, 5.41) is 15.4. The minimum Gasteiger partial charge on any atom is -0.481 e. The Hall–Kier alpha value is -2.91. The van der Waals surface area contributed by atoms with Gasteiger partial charge >= 0.3 is 18.0 Å². The average Bonchev–Trinajstić information content (AvgIpc) is 3.03. The fourth-order valence-corrected chi connectivity index (χ4v) is 3.25. The lowest BCUT2D eigenvalue weighted by Gasteiger charge is -2.22. The van der Waals surface area contributed by atoms with Crippen LogP contribution in [0.3, 0.4) is 0 Å². The number of hydrogen-bond donors (Lipinski definition) is 2. The fourth-order valence-electron chi connectivity index (χ4n) is 3.25. The highest BCUT2D eigenvalue weighted by Crippen LogP contribution is 2.29. The van der Waals surface area contributed by atoms with Crippen molar-refractivity contribution >= 4 is 11.9 Å². The van der Waals surface area contributed by atoms with Crippen molar-refractivity contribution in [2.24, 2.45) is 5.92 Å². The van der Waals surface area contributed by atoms with Crippen LogP contribution in [-0.2, 0) is 11.0 Å². The molecule has 0 unspecified atom stereocenters. The van der Waals surface area contributed by atoms with Gasteiger partial charge in [0.25, 0.3) is 5.91 Å². The normalized spacial score (nSPS) is 20.4. The monoisotopic (exact) mass is 397 g/mol. The lowest BCUT2D eigenvalue weighted by atomic mass is 9.94. The molecule has 0 radical (unpaired) electrons. The van der Waals surface area contributed by atoms with Gasteiger partial charge in [0.15, 0.2) is 0 Å². The first-order chi connectivity index (χ1) is 13.3. The van der Waals surface area contributed by atoms with Gasteiger partial charge in [0.05, 0.1) is 5.92 Å². The van der Waals surface area contributed by atoms with Crippen molar-refractivity contribution in [2.75, 3.05) is 0 Å². The van der Waals surface area contributed by atoms with Crippen LogP contribution in [0, 0.1) is 5.92 Å². The van der Waals surface area contributed by atoms with Crippen molar-refractivity contribution in [1.82, 2.24) is 15.5 Å². The van der Waals surface area contributed by atoms with Crippen molar-refractivity contribution in [3.05, 3.63) is 35.7 Å². The minimum atomic E-state index is -4.73. The summed E-state index contributed by atoms with van der Waals surface area (Å²) in [6.45, 7) is 0. The molecule has 1 amide bonds. The maximum atomic E-state index is 12.5. The lowest BCUT2D eigenvalue weighted by molar-refractivity contribution is -0.159. The molecule has 28 heavy (non-hydrogen) atoms. The van der Waals surface area contributed by atoms with E-state index in [-0.39, 0.29) is 17.0 Å². The molecule has 0 aliphatic heterocycles. The molecular weight excluding hydrogens is 379 g/mol. The zero-order valence-corrected chi connectivity index (χ0v) is 14.7. The third-order valence-electron chi connectivity index (χ3n) is 4.72. The van der Waals surface area contributed by atoms with Gasteiger partial charge in [0.1, 0.15) is 0 Å². The van der Waals surface area contributed by atoms with Crippen LogP contribution in [0.2, 0.25) is 0 Å². The van der Waals surface area contributed by atoms with Gasteiger partial charge in [0, 0.05) is 17.2 Å². The van der Waals surface area contributed by atoms with Gasteiger partial charge in [-0.15, -0.1) is 0 Å². The molecule has 3 rings (SSSR count). The molecule has 1 aliphatic rings. The summed E-state index contributed by atoms with van der Waals surface area (Å²) in [6, 6.07) is 5.18. The number of nitrogens with zero attached hydrogens (tertiary/aromatic N) is 2. The summed E-state index contributed by atoms with van der Waals surface area (Å²) in [5.74, 6) is -3.69. The Kier molecular flexibility index (Phi) is 5.66. The van der Waals surface area contributed by atoms with Crippen molar-refractivity contribution in [3.8, 4) is 11.4 Å². The topological polar surface area (TPSA) is 105 Å². The minimum absolute atomic E-state index is 0.242. The third kappa shape index (κ3) is 4.49. The van der Waals surface area contributed by atoms with Crippen LogP contribution in [0.25, 0.3) is 11.4 Å². The van der Waals surface area contributed by atoms with Gasteiger partial charge in [-0.05, 0) is 25.0 Å². The van der Waals surface area contributed by atoms with E-state index in [1.807, 2.05) is 0 Å². The highest BCUT2D eigenvalue weighted by atomic mass is 19.4. The Morgan fingerprint density at radius 2 is 1.79 bits per heavy atom. The summed E-state index contributed by atoms with van der Waals surface area (Å²) in [7, 11) is 0. The predicted octanol–water partition coefficient (Wildman–Crippen LogP) is 3.52. The predicted molar refractivity (Wildman–Crippen MR) is 90.2 cm³/mol. The number of carbonyl (C=O) groups is 2. The first kappa shape index (κ1) is 19.8. The molecule has 1 heterocycles. The van der Waals surface area contributed by atoms with Crippen LogP contribution in [0.1, 0.15) is 48.4 Å². The van der Waals surface area contributed by atoms with E-state index < -0.39 is 35.9 Å². The Labute approximate surface area is 157 Å². The maximum Gasteiger partial charge on any atom is 0.471 e. The summed E-state index contributed by atoms with van der Waals surface area (Å²) in [4.78, 5) is 27.2. The summed E-state index contributed by atoms with van der Waals surface area (Å²) >= 11 is 0. The molecule has 2 aromatic rings. The second-order valence-corrected chi connectivity index (χ2v) is 6.66. The Morgan fingerprint density at radius 1 is 1.11 bits per heavy atom. The number of carbonyl (C=O) groups excluding carboxylic acids is 1. The Bertz CT molecular complexity index is 849. The number of halogens is 3. The standard InChI is InChI=1S/C18H18F3N3O4/c19-18(20,21)17-23-14(24-28-17)10-6-8-11(9-7-10)15(25)22-13-5-3-1-2-4-12(13)16(26)27/h6-9,12-13H,1-5H2,(H,22,25)(H,26,27)/t12-,13+/m1/s1. The number of alkyl halides is 3. The zero-order chi connectivity index (χ0) is 20.3. The maximum absolute atomic E-state index is 12.5. The van der Waals surface area contributed by atoms with E-state index in [1.54, 1.807) is 0 Å². The molecule has 1 saturated carbocycles. The van der Waals surface area contributed by atoms with Gasteiger partial charge in [-0.3, -0.25) is 9.59 Å². The Balaban J connectivity index is 1.71. The molecule has 0 saturated heterocycles. The number of benzene rings is 1. The van der Waals surface area contributed by atoms with Crippen molar-refractivity contribution in [1.29, 1.82) is 0 Å². The van der Waals surface area contributed by atoms with Crippen molar-refractivity contribution in [2.45, 2.75) is 44.3 Å². The molecule has 150 valence electrons. The largest absolute Gasteiger partial charge is 0.481 e. The molecule has 0 bridgehead atoms. The van der Waals surface area contributed by atoms with Crippen LogP contribution in [0.5, 0.6) is 0 Å². The molecule has 0 spiro atoms. The van der Waals surface area contributed by atoms with E-state index in [1.165, 1.54) is 24.3 Å². The molecule has 1 aliphatic carbocycles. The molecular formula is C18H18F3N3O4. The van der Waals surface area contributed by atoms with Crippen molar-refractivity contribution in [3.63, 3.8) is 0 Å². The molecule has 2 N–H and O–H groups in total. The molecule has 2 atom stereocenters. The number of rotatable bonds is 4. The van der Waals surface area contributed by atoms with Crippen LogP contribution in [0.4, 0.5) is 13.2 Å². The van der Waals surface area contributed by atoms with Gasteiger partial charge in [-0.25, -0.2) is 0 Å².